The molecule has 2 aromatic carbocycles. The second-order valence-electron chi connectivity index (χ2n) is 7.64. The molecule has 0 saturated heterocycles. The Labute approximate surface area is 192 Å². The number of anilines is 4. The summed E-state index contributed by atoms with van der Waals surface area (Å²) in [4.78, 5) is 15.1. The van der Waals surface area contributed by atoms with E-state index in [4.69, 9.17) is 4.42 Å². The summed E-state index contributed by atoms with van der Waals surface area (Å²) < 4.78 is 33.4. The summed E-state index contributed by atoms with van der Waals surface area (Å²) in [6, 6.07) is 15.2. The van der Waals surface area contributed by atoms with Crippen molar-refractivity contribution in [1.29, 1.82) is 0 Å². The number of oxazole rings is 1. The molecule has 0 amide bonds. The molecule has 0 bridgehead atoms. The molecule has 0 saturated carbocycles. The van der Waals surface area contributed by atoms with Gasteiger partial charge in [-0.05, 0) is 43.3 Å². The van der Waals surface area contributed by atoms with Gasteiger partial charge in [-0.15, -0.1) is 0 Å². The fourth-order valence-corrected chi connectivity index (χ4v) is 4.19. The minimum Gasteiger partial charge on any atom is -0.449 e. The Hall–Kier alpha value is -3.92. The van der Waals surface area contributed by atoms with Crippen molar-refractivity contribution in [3.63, 3.8) is 0 Å². The van der Waals surface area contributed by atoms with Crippen LogP contribution in [0.15, 0.2) is 70.2 Å². The SMILES string of the molecule is Cc1nc(Nc2ccc(NS(=O)(=O)c3ccc(-c4coc(C)n4)cc3)cc2)cc(N(C)C)n1. The van der Waals surface area contributed by atoms with Crippen LogP contribution in [0.1, 0.15) is 11.7 Å². The first-order chi connectivity index (χ1) is 15.7. The van der Waals surface area contributed by atoms with E-state index in [0.29, 0.717) is 28.9 Å². The normalized spacial score (nSPS) is 11.3. The quantitative estimate of drug-likeness (QED) is 0.415. The smallest absolute Gasteiger partial charge is 0.261 e. The first kappa shape index (κ1) is 22.3. The van der Waals surface area contributed by atoms with Crippen LogP contribution >= 0.6 is 0 Å². The third-order valence-corrected chi connectivity index (χ3v) is 6.17. The monoisotopic (exact) mass is 464 g/mol. The molecule has 10 heteroatoms. The maximum absolute atomic E-state index is 12.8. The highest BCUT2D eigenvalue weighted by Crippen LogP contribution is 2.24. The predicted octanol–water partition coefficient (Wildman–Crippen LogP) is 4.36. The molecule has 0 unspecified atom stereocenters. The van der Waals surface area contributed by atoms with Crippen LogP contribution in [0.4, 0.5) is 23.0 Å². The second-order valence-corrected chi connectivity index (χ2v) is 9.32. The molecule has 0 aliphatic rings. The summed E-state index contributed by atoms with van der Waals surface area (Å²) >= 11 is 0. The number of benzene rings is 2. The standard InChI is InChI=1S/C23H24N6O3S/c1-15-24-22(13-23(25-15)29(3)4)27-18-7-9-19(10-8-18)28-33(30,31)20-11-5-17(6-12-20)21-14-32-16(2)26-21/h5-14,28H,1-4H3,(H,24,25,27). The Kier molecular flexibility index (Phi) is 6.01. The third-order valence-electron chi connectivity index (χ3n) is 4.77. The number of rotatable bonds is 7. The molecule has 4 aromatic rings. The van der Waals surface area contributed by atoms with Crippen LogP contribution in [-0.2, 0) is 10.0 Å². The number of hydrogen-bond acceptors (Lipinski definition) is 8. The Balaban J connectivity index is 1.46. The second kappa shape index (κ2) is 8.91. The lowest BCUT2D eigenvalue weighted by atomic mass is 10.2. The average molecular weight is 465 g/mol. The maximum Gasteiger partial charge on any atom is 0.261 e. The molecule has 0 spiro atoms. The van der Waals surface area contributed by atoms with E-state index in [-0.39, 0.29) is 4.90 Å². The number of nitrogens with one attached hydrogen (secondary N) is 2. The number of hydrogen-bond donors (Lipinski definition) is 2. The highest BCUT2D eigenvalue weighted by atomic mass is 32.2. The van der Waals surface area contributed by atoms with Crippen molar-refractivity contribution in [3.8, 4) is 11.3 Å². The predicted molar refractivity (Wildman–Crippen MR) is 128 cm³/mol. The van der Waals surface area contributed by atoms with Crippen LogP contribution in [0, 0.1) is 13.8 Å². The molecule has 2 aromatic heterocycles. The highest BCUT2D eigenvalue weighted by molar-refractivity contribution is 7.92. The number of aromatic nitrogens is 3. The minimum absolute atomic E-state index is 0.154. The van der Waals surface area contributed by atoms with Crippen LogP contribution in [-0.4, -0.2) is 37.5 Å². The lowest BCUT2D eigenvalue weighted by Gasteiger charge is -2.14. The summed E-state index contributed by atoms with van der Waals surface area (Å²) in [7, 11) is 0.0840. The summed E-state index contributed by atoms with van der Waals surface area (Å²) in [5.74, 6) is 2.65. The van der Waals surface area contributed by atoms with Crippen molar-refractivity contribution in [1.82, 2.24) is 15.0 Å². The molecule has 170 valence electrons. The van der Waals surface area contributed by atoms with Crippen LogP contribution in [0.2, 0.25) is 0 Å². The zero-order valence-electron chi connectivity index (χ0n) is 18.7. The van der Waals surface area contributed by atoms with Crippen molar-refractivity contribution in [2.24, 2.45) is 0 Å². The van der Waals surface area contributed by atoms with Crippen LogP contribution in [0.5, 0.6) is 0 Å². The lowest BCUT2D eigenvalue weighted by molar-refractivity contribution is 0.521. The van der Waals surface area contributed by atoms with Gasteiger partial charge in [0.25, 0.3) is 10.0 Å². The van der Waals surface area contributed by atoms with E-state index < -0.39 is 10.0 Å². The topological polar surface area (TPSA) is 113 Å². The molecule has 0 aliphatic carbocycles. The van der Waals surface area contributed by atoms with E-state index in [9.17, 15) is 8.42 Å². The minimum atomic E-state index is -3.74. The Morgan fingerprint density at radius 1 is 0.879 bits per heavy atom. The Morgan fingerprint density at radius 3 is 2.15 bits per heavy atom. The van der Waals surface area contributed by atoms with Gasteiger partial charge in [-0.25, -0.2) is 23.4 Å². The van der Waals surface area contributed by atoms with Gasteiger partial charge in [0.2, 0.25) is 0 Å². The van der Waals surface area contributed by atoms with Gasteiger partial charge in [-0.2, -0.15) is 0 Å². The molecular weight excluding hydrogens is 440 g/mol. The molecule has 9 nitrogen and oxygen atoms in total. The van der Waals surface area contributed by atoms with Crippen molar-refractivity contribution >= 4 is 33.0 Å². The molecular formula is C23H24N6O3S. The first-order valence-electron chi connectivity index (χ1n) is 10.1. The molecule has 2 N–H and O–H groups in total. The van der Waals surface area contributed by atoms with E-state index in [1.165, 1.54) is 18.4 Å². The molecule has 0 aliphatic heterocycles. The summed E-state index contributed by atoms with van der Waals surface area (Å²) in [5, 5.41) is 3.22. The van der Waals surface area contributed by atoms with Crippen molar-refractivity contribution < 1.29 is 12.8 Å². The van der Waals surface area contributed by atoms with E-state index in [1.54, 1.807) is 43.3 Å². The van der Waals surface area contributed by atoms with E-state index in [1.807, 2.05) is 32.0 Å². The maximum atomic E-state index is 12.8. The van der Waals surface area contributed by atoms with Gasteiger partial charge < -0.3 is 14.6 Å². The third kappa shape index (κ3) is 5.29. The summed E-state index contributed by atoms with van der Waals surface area (Å²) in [6.45, 7) is 3.58. The van der Waals surface area contributed by atoms with Gasteiger partial charge in [0, 0.05) is 44.0 Å². The van der Waals surface area contributed by atoms with Crippen molar-refractivity contribution in [2.75, 3.05) is 29.0 Å². The molecule has 2 heterocycles. The zero-order chi connectivity index (χ0) is 23.6. The molecule has 0 fully saturated rings. The fraction of sp³-hybridized carbons (Fsp3) is 0.174. The van der Waals surface area contributed by atoms with Crippen LogP contribution in [0.25, 0.3) is 11.3 Å². The average Bonchev–Trinajstić information content (AvgIpc) is 3.21. The van der Waals surface area contributed by atoms with E-state index in [2.05, 4.69) is 25.0 Å². The van der Waals surface area contributed by atoms with Gasteiger partial charge in [-0.3, -0.25) is 4.72 Å². The fourth-order valence-electron chi connectivity index (χ4n) is 3.13. The Bertz CT molecular complexity index is 1360. The van der Waals surface area contributed by atoms with Crippen LogP contribution < -0.4 is 14.9 Å². The lowest BCUT2D eigenvalue weighted by Crippen LogP contribution is -2.13. The van der Waals surface area contributed by atoms with Gasteiger partial charge in [-0.1, -0.05) is 12.1 Å². The number of aryl methyl sites for hydroxylation is 2. The molecule has 0 atom stereocenters. The zero-order valence-corrected chi connectivity index (χ0v) is 19.5. The number of sulfonamides is 1. The number of nitrogens with zero attached hydrogens (tertiary/aromatic N) is 4. The van der Waals surface area contributed by atoms with Crippen LogP contribution in [0.3, 0.4) is 0 Å². The highest BCUT2D eigenvalue weighted by Gasteiger charge is 2.15. The van der Waals surface area contributed by atoms with Gasteiger partial charge in [0.1, 0.15) is 29.4 Å². The first-order valence-corrected chi connectivity index (χ1v) is 11.6. The van der Waals surface area contributed by atoms with E-state index >= 15 is 0 Å². The van der Waals surface area contributed by atoms with E-state index in [0.717, 1.165) is 17.1 Å². The largest absolute Gasteiger partial charge is 0.449 e. The summed E-state index contributed by atoms with van der Waals surface area (Å²) in [6.07, 6.45) is 1.54. The van der Waals surface area contributed by atoms with Gasteiger partial charge >= 0.3 is 0 Å². The van der Waals surface area contributed by atoms with Gasteiger partial charge in [0.15, 0.2) is 5.89 Å². The molecule has 33 heavy (non-hydrogen) atoms. The van der Waals surface area contributed by atoms with Crippen molar-refractivity contribution in [3.05, 3.63) is 72.6 Å². The van der Waals surface area contributed by atoms with Gasteiger partial charge in [0.05, 0.1) is 4.90 Å². The molecule has 4 rings (SSSR count). The van der Waals surface area contributed by atoms with Crippen molar-refractivity contribution in [2.45, 2.75) is 18.7 Å². The Morgan fingerprint density at radius 2 is 1.55 bits per heavy atom. The summed E-state index contributed by atoms with van der Waals surface area (Å²) in [5.41, 5.74) is 2.65. The molecule has 0 radical (unpaired) electrons.